The van der Waals surface area contributed by atoms with E-state index in [2.05, 4.69) is 0 Å². The molecule has 0 aliphatic heterocycles. The van der Waals surface area contributed by atoms with Gasteiger partial charge >= 0.3 is 11.9 Å². The summed E-state index contributed by atoms with van der Waals surface area (Å²) in [6, 6.07) is 0. The van der Waals surface area contributed by atoms with Crippen LogP contribution in [-0.2, 0) is 14.4 Å². The molecule has 0 fully saturated rings. The molecule has 0 radical (unpaired) electrons. The molecule has 5 nitrogen and oxygen atoms in total. The Hall–Kier alpha value is -1.65. The van der Waals surface area contributed by atoms with Crippen LogP contribution in [0.5, 0.6) is 0 Å². The number of carboxylic acids is 2. The number of rotatable bonds is 7. The molecule has 0 amide bonds. The molecule has 5 heteroatoms. The lowest BCUT2D eigenvalue weighted by Gasteiger charge is -2.08. The SMILES string of the molecule is CCC(=O)CC(CC)=C(CC(=O)O)C(=O)O. The maximum atomic E-state index is 11.2. The van der Waals surface area contributed by atoms with E-state index in [0.29, 0.717) is 18.4 Å². The van der Waals surface area contributed by atoms with E-state index in [1.807, 2.05) is 0 Å². The number of aliphatic carboxylic acids is 2. The van der Waals surface area contributed by atoms with Gasteiger partial charge in [0.1, 0.15) is 5.78 Å². The van der Waals surface area contributed by atoms with Crippen molar-refractivity contribution in [3.05, 3.63) is 11.1 Å². The van der Waals surface area contributed by atoms with E-state index in [4.69, 9.17) is 10.2 Å². The number of carbonyl (C=O) groups is 3. The average Bonchev–Trinajstić information content (AvgIpc) is 2.21. The van der Waals surface area contributed by atoms with Crippen molar-refractivity contribution in [3.63, 3.8) is 0 Å². The van der Waals surface area contributed by atoms with Gasteiger partial charge in [0.15, 0.2) is 0 Å². The molecule has 0 aromatic rings. The second-order valence-electron chi connectivity index (χ2n) is 3.38. The van der Waals surface area contributed by atoms with E-state index in [0.717, 1.165) is 0 Å². The summed E-state index contributed by atoms with van der Waals surface area (Å²) in [6.07, 6.45) is 0.182. The Balaban J connectivity index is 5.07. The maximum absolute atomic E-state index is 11.2. The Morgan fingerprint density at radius 1 is 0.938 bits per heavy atom. The van der Waals surface area contributed by atoms with Crippen molar-refractivity contribution < 1.29 is 24.6 Å². The Morgan fingerprint density at radius 2 is 1.50 bits per heavy atom. The third-order valence-electron chi connectivity index (χ3n) is 2.24. The topological polar surface area (TPSA) is 91.7 Å². The standard InChI is InChI=1S/C11H16O5/c1-3-7(5-8(12)4-2)9(11(15)16)6-10(13)14/h3-6H2,1-2H3,(H,13,14)(H,15,16). The first-order valence-electron chi connectivity index (χ1n) is 5.10. The Labute approximate surface area is 93.8 Å². The van der Waals surface area contributed by atoms with Crippen LogP contribution in [0.2, 0.25) is 0 Å². The van der Waals surface area contributed by atoms with Gasteiger partial charge in [-0.1, -0.05) is 19.4 Å². The van der Waals surface area contributed by atoms with Gasteiger partial charge in [-0.3, -0.25) is 9.59 Å². The van der Waals surface area contributed by atoms with Crippen LogP contribution < -0.4 is 0 Å². The number of allylic oxidation sites excluding steroid dienone is 1. The van der Waals surface area contributed by atoms with Crippen molar-refractivity contribution in [2.45, 2.75) is 39.5 Å². The molecule has 0 unspecified atom stereocenters. The zero-order chi connectivity index (χ0) is 12.7. The maximum Gasteiger partial charge on any atom is 0.332 e. The molecular weight excluding hydrogens is 212 g/mol. The third kappa shape index (κ3) is 4.72. The van der Waals surface area contributed by atoms with Gasteiger partial charge in [0.25, 0.3) is 0 Å². The zero-order valence-corrected chi connectivity index (χ0v) is 9.45. The Kier molecular flexibility index (Phi) is 6.07. The highest BCUT2D eigenvalue weighted by atomic mass is 16.4. The first-order chi connectivity index (χ1) is 7.42. The lowest BCUT2D eigenvalue weighted by molar-refractivity contribution is -0.139. The van der Waals surface area contributed by atoms with E-state index in [-0.39, 0.29) is 17.8 Å². The van der Waals surface area contributed by atoms with Gasteiger partial charge in [0.2, 0.25) is 0 Å². The van der Waals surface area contributed by atoms with E-state index < -0.39 is 18.4 Å². The van der Waals surface area contributed by atoms with E-state index in [1.165, 1.54) is 0 Å². The summed E-state index contributed by atoms with van der Waals surface area (Å²) in [5.41, 5.74) is 0.235. The van der Waals surface area contributed by atoms with Crippen LogP contribution in [0.25, 0.3) is 0 Å². The van der Waals surface area contributed by atoms with Gasteiger partial charge in [0.05, 0.1) is 6.42 Å². The smallest absolute Gasteiger partial charge is 0.332 e. The minimum atomic E-state index is -1.26. The van der Waals surface area contributed by atoms with Crippen LogP contribution in [-0.4, -0.2) is 27.9 Å². The van der Waals surface area contributed by atoms with Gasteiger partial charge in [-0.15, -0.1) is 0 Å². The molecule has 0 bridgehead atoms. The van der Waals surface area contributed by atoms with Gasteiger partial charge < -0.3 is 10.2 Å². The zero-order valence-electron chi connectivity index (χ0n) is 9.45. The van der Waals surface area contributed by atoms with Crippen LogP contribution in [0, 0.1) is 0 Å². The molecule has 16 heavy (non-hydrogen) atoms. The molecule has 2 N–H and O–H groups in total. The molecule has 0 heterocycles. The summed E-state index contributed by atoms with van der Waals surface area (Å²) in [5.74, 6) is -2.54. The van der Waals surface area contributed by atoms with Crippen molar-refractivity contribution >= 4 is 17.7 Å². The van der Waals surface area contributed by atoms with Gasteiger partial charge in [-0.05, 0) is 6.42 Å². The highest BCUT2D eigenvalue weighted by molar-refractivity contribution is 5.94. The monoisotopic (exact) mass is 228 g/mol. The molecule has 0 spiro atoms. The summed E-state index contributed by atoms with van der Waals surface area (Å²) < 4.78 is 0. The highest BCUT2D eigenvalue weighted by Crippen LogP contribution is 2.17. The molecule has 0 atom stereocenters. The molecule has 0 saturated heterocycles. The number of carbonyl (C=O) groups excluding carboxylic acids is 1. The summed E-state index contributed by atoms with van der Waals surface area (Å²) in [5, 5.41) is 17.5. The summed E-state index contributed by atoms with van der Waals surface area (Å²) >= 11 is 0. The fourth-order valence-electron chi connectivity index (χ4n) is 1.31. The van der Waals surface area contributed by atoms with Crippen molar-refractivity contribution in [1.82, 2.24) is 0 Å². The molecule has 0 aromatic carbocycles. The molecule has 0 aromatic heterocycles. The number of hydrogen-bond acceptors (Lipinski definition) is 3. The van der Waals surface area contributed by atoms with E-state index >= 15 is 0 Å². The molecule has 0 saturated carbocycles. The quantitative estimate of drug-likeness (QED) is 0.646. The van der Waals surface area contributed by atoms with E-state index in [9.17, 15) is 14.4 Å². The molecule has 90 valence electrons. The van der Waals surface area contributed by atoms with Crippen LogP contribution in [0.3, 0.4) is 0 Å². The van der Waals surface area contributed by atoms with Crippen molar-refractivity contribution in [2.75, 3.05) is 0 Å². The Bertz CT molecular complexity index is 327. The van der Waals surface area contributed by atoms with Crippen LogP contribution in [0.15, 0.2) is 11.1 Å². The van der Waals surface area contributed by atoms with E-state index in [1.54, 1.807) is 13.8 Å². The predicted molar refractivity (Wildman–Crippen MR) is 57.1 cm³/mol. The van der Waals surface area contributed by atoms with Crippen LogP contribution in [0.1, 0.15) is 39.5 Å². The summed E-state index contributed by atoms with van der Waals surface area (Å²) in [4.78, 5) is 32.6. The summed E-state index contributed by atoms with van der Waals surface area (Å²) in [7, 11) is 0. The normalized spacial score (nSPS) is 11.9. The van der Waals surface area contributed by atoms with Crippen molar-refractivity contribution in [3.8, 4) is 0 Å². The molecular formula is C11H16O5. The minimum Gasteiger partial charge on any atom is -0.481 e. The van der Waals surface area contributed by atoms with Crippen molar-refractivity contribution in [2.24, 2.45) is 0 Å². The fraction of sp³-hybridized carbons (Fsp3) is 0.545. The first-order valence-corrected chi connectivity index (χ1v) is 5.10. The fourth-order valence-corrected chi connectivity index (χ4v) is 1.31. The number of hydrogen-bond donors (Lipinski definition) is 2. The number of carboxylic acid groups (broad SMARTS) is 2. The Morgan fingerprint density at radius 3 is 1.81 bits per heavy atom. The second-order valence-corrected chi connectivity index (χ2v) is 3.38. The average molecular weight is 228 g/mol. The lowest BCUT2D eigenvalue weighted by atomic mass is 9.97. The third-order valence-corrected chi connectivity index (χ3v) is 2.24. The highest BCUT2D eigenvalue weighted by Gasteiger charge is 2.18. The van der Waals surface area contributed by atoms with Crippen LogP contribution >= 0.6 is 0 Å². The van der Waals surface area contributed by atoms with Crippen LogP contribution in [0.4, 0.5) is 0 Å². The molecule has 0 aliphatic carbocycles. The predicted octanol–water partition coefficient (Wildman–Crippen LogP) is 1.62. The van der Waals surface area contributed by atoms with Gasteiger partial charge in [0, 0.05) is 18.4 Å². The lowest BCUT2D eigenvalue weighted by Crippen LogP contribution is -2.11. The van der Waals surface area contributed by atoms with Gasteiger partial charge in [-0.2, -0.15) is 0 Å². The first kappa shape index (κ1) is 14.3. The van der Waals surface area contributed by atoms with Crippen molar-refractivity contribution in [1.29, 1.82) is 0 Å². The second kappa shape index (κ2) is 6.76. The molecule has 0 aliphatic rings. The summed E-state index contributed by atoms with van der Waals surface area (Å²) in [6.45, 7) is 3.40. The van der Waals surface area contributed by atoms with Gasteiger partial charge in [-0.25, -0.2) is 4.79 Å². The number of Topliss-reactive ketones (excluding diaryl/α,β-unsaturated/α-hetero) is 1. The number of ketones is 1. The minimum absolute atomic E-state index is 0.0297. The largest absolute Gasteiger partial charge is 0.481 e. The molecule has 0 rings (SSSR count).